The fourth-order valence-electron chi connectivity index (χ4n) is 2.03. The Morgan fingerprint density at radius 2 is 2.05 bits per heavy atom. The zero-order chi connectivity index (χ0) is 15.2. The molecule has 1 heterocycles. The molecule has 0 fully saturated rings. The van der Waals surface area contributed by atoms with Crippen LogP contribution < -0.4 is 0 Å². The molecule has 1 aromatic carbocycles. The van der Waals surface area contributed by atoms with Crippen LogP contribution in [0.25, 0.3) is 0 Å². The van der Waals surface area contributed by atoms with E-state index in [9.17, 15) is 4.79 Å². The lowest BCUT2D eigenvalue weighted by molar-refractivity contribution is 0.0758. The number of nitrogens with zero attached hydrogens (tertiary/aromatic N) is 3. The molecular formula is C15H18BrN3OS. The number of hydrogen-bond acceptors (Lipinski definition) is 4. The summed E-state index contributed by atoms with van der Waals surface area (Å²) in [7, 11) is 0. The zero-order valence-electron chi connectivity index (χ0n) is 12.1. The van der Waals surface area contributed by atoms with Crippen molar-refractivity contribution in [2.75, 3.05) is 11.9 Å². The van der Waals surface area contributed by atoms with Gasteiger partial charge >= 0.3 is 0 Å². The highest BCUT2D eigenvalue weighted by Gasteiger charge is 2.23. The van der Waals surface area contributed by atoms with Gasteiger partial charge in [0.2, 0.25) is 0 Å². The van der Waals surface area contributed by atoms with Crippen LogP contribution >= 0.6 is 27.5 Å². The van der Waals surface area contributed by atoms with Crippen molar-refractivity contribution in [1.29, 1.82) is 0 Å². The molecule has 0 aliphatic carbocycles. The number of aromatic nitrogens is 2. The lowest BCUT2D eigenvalue weighted by atomic mass is 10.1. The first-order valence-electron chi connectivity index (χ1n) is 6.85. The van der Waals surface area contributed by atoms with E-state index in [1.165, 1.54) is 11.5 Å². The molecule has 112 valence electrons. The average Bonchev–Trinajstić information content (AvgIpc) is 2.97. The number of carbonyl (C=O) groups excluding carboxylic acids is 1. The summed E-state index contributed by atoms with van der Waals surface area (Å²) in [5.74, 6) is 0.210. The first-order valence-corrected chi connectivity index (χ1v) is 8.74. The third-order valence-corrected chi connectivity index (χ3v) is 4.20. The number of amides is 1. The van der Waals surface area contributed by atoms with Gasteiger partial charge in [-0.05, 0) is 23.0 Å². The second kappa shape index (κ2) is 7.66. The third kappa shape index (κ3) is 4.11. The van der Waals surface area contributed by atoms with Crippen LogP contribution in [0.3, 0.4) is 0 Å². The topological polar surface area (TPSA) is 46.1 Å². The molecule has 0 bridgehead atoms. The highest BCUT2D eigenvalue weighted by Crippen LogP contribution is 2.22. The molecule has 2 rings (SSSR count). The fraction of sp³-hybridized carbons (Fsp3) is 0.400. The SMILES string of the molecule is CC(C)c1nnsc1C(=O)N(CCBr)Cc1ccccc1. The Kier molecular flexibility index (Phi) is 5.87. The van der Waals surface area contributed by atoms with Gasteiger partial charge in [0.05, 0.1) is 5.69 Å². The predicted molar refractivity (Wildman–Crippen MR) is 89.0 cm³/mol. The third-order valence-electron chi connectivity index (χ3n) is 3.11. The van der Waals surface area contributed by atoms with Gasteiger partial charge in [0, 0.05) is 18.4 Å². The van der Waals surface area contributed by atoms with Crippen molar-refractivity contribution < 1.29 is 4.79 Å². The molecule has 0 saturated carbocycles. The number of rotatable bonds is 6. The van der Waals surface area contributed by atoms with Crippen molar-refractivity contribution in [2.45, 2.75) is 26.3 Å². The summed E-state index contributed by atoms with van der Waals surface area (Å²) in [5, 5.41) is 4.84. The van der Waals surface area contributed by atoms with Gasteiger partial charge in [-0.2, -0.15) is 0 Å². The van der Waals surface area contributed by atoms with Crippen LogP contribution in [0.2, 0.25) is 0 Å². The van der Waals surface area contributed by atoms with Crippen molar-refractivity contribution in [2.24, 2.45) is 0 Å². The van der Waals surface area contributed by atoms with Crippen LogP contribution in [0.5, 0.6) is 0 Å². The minimum atomic E-state index is 0.0111. The first-order chi connectivity index (χ1) is 10.1. The molecular weight excluding hydrogens is 350 g/mol. The maximum atomic E-state index is 12.8. The van der Waals surface area contributed by atoms with Gasteiger partial charge < -0.3 is 4.90 Å². The Morgan fingerprint density at radius 3 is 2.67 bits per heavy atom. The first kappa shape index (κ1) is 16.1. The molecule has 0 aliphatic heterocycles. The van der Waals surface area contributed by atoms with Crippen molar-refractivity contribution in [3.8, 4) is 0 Å². The van der Waals surface area contributed by atoms with E-state index in [1.807, 2.05) is 49.1 Å². The van der Waals surface area contributed by atoms with Crippen molar-refractivity contribution in [3.63, 3.8) is 0 Å². The summed E-state index contributed by atoms with van der Waals surface area (Å²) in [6.45, 7) is 5.31. The molecule has 0 N–H and O–H groups in total. The quantitative estimate of drug-likeness (QED) is 0.731. The zero-order valence-corrected chi connectivity index (χ0v) is 14.5. The molecule has 4 nitrogen and oxygen atoms in total. The molecule has 0 atom stereocenters. The van der Waals surface area contributed by atoms with Crippen LogP contribution in [-0.4, -0.2) is 32.3 Å². The van der Waals surface area contributed by atoms with E-state index in [0.717, 1.165) is 16.6 Å². The van der Waals surface area contributed by atoms with Crippen LogP contribution in [-0.2, 0) is 6.54 Å². The lowest BCUT2D eigenvalue weighted by Crippen LogP contribution is -2.32. The van der Waals surface area contributed by atoms with E-state index in [2.05, 4.69) is 25.5 Å². The fourth-order valence-corrected chi connectivity index (χ4v) is 3.24. The molecule has 1 aromatic heterocycles. The summed E-state index contributed by atoms with van der Waals surface area (Å²) in [5.41, 5.74) is 1.91. The maximum absolute atomic E-state index is 12.8. The predicted octanol–water partition coefficient (Wildman–Crippen LogP) is 3.70. The van der Waals surface area contributed by atoms with Gasteiger partial charge in [-0.15, -0.1) is 5.10 Å². The normalized spacial score (nSPS) is 10.9. The van der Waals surface area contributed by atoms with E-state index < -0.39 is 0 Å². The smallest absolute Gasteiger partial charge is 0.267 e. The van der Waals surface area contributed by atoms with E-state index in [4.69, 9.17) is 0 Å². The second-order valence-corrected chi connectivity index (χ2v) is 6.59. The highest BCUT2D eigenvalue weighted by atomic mass is 79.9. The maximum Gasteiger partial charge on any atom is 0.267 e. The van der Waals surface area contributed by atoms with Crippen molar-refractivity contribution >= 4 is 33.4 Å². The van der Waals surface area contributed by atoms with E-state index >= 15 is 0 Å². The van der Waals surface area contributed by atoms with Gasteiger partial charge in [0.1, 0.15) is 4.88 Å². The van der Waals surface area contributed by atoms with E-state index in [-0.39, 0.29) is 11.8 Å². The molecule has 0 unspecified atom stereocenters. The molecule has 0 radical (unpaired) electrons. The Balaban J connectivity index is 2.21. The monoisotopic (exact) mass is 367 g/mol. The van der Waals surface area contributed by atoms with Gasteiger partial charge in [0.25, 0.3) is 5.91 Å². The van der Waals surface area contributed by atoms with Gasteiger partial charge in [-0.3, -0.25) is 4.79 Å². The Bertz CT molecular complexity index is 586. The number of benzene rings is 1. The van der Waals surface area contributed by atoms with Crippen LogP contribution in [0, 0.1) is 0 Å². The number of hydrogen-bond donors (Lipinski definition) is 0. The molecule has 0 spiro atoms. The largest absolute Gasteiger partial charge is 0.333 e. The van der Waals surface area contributed by atoms with E-state index in [1.54, 1.807) is 0 Å². The van der Waals surface area contributed by atoms with E-state index in [0.29, 0.717) is 18.0 Å². The Morgan fingerprint density at radius 1 is 1.33 bits per heavy atom. The number of carbonyl (C=O) groups is 1. The summed E-state index contributed by atoms with van der Waals surface area (Å²) >= 11 is 4.60. The molecule has 0 saturated heterocycles. The molecule has 6 heteroatoms. The average molecular weight is 368 g/mol. The van der Waals surface area contributed by atoms with Crippen molar-refractivity contribution in [1.82, 2.24) is 14.5 Å². The summed E-state index contributed by atoms with van der Waals surface area (Å²) < 4.78 is 3.95. The van der Waals surface area contributed by atoms with Gasteiger partial charge in [-0.1, -0.05) is 64.6 Å². The standard InChI is InChI=1S/C15H18BrN3OS/c1-11(2)13-14(21-18-17-13)15(20)19(9-8-16)10-12-6-4-3-5-7-12/h3-7,11H,8-10H2,1-2H3. The Hall–Kier alpha value is -1.27. The summed E-state index contributed by atoms with van der Waals surface area (Å²) in [6.07, 6.45) is 0. The van der Waals surface area contributed by atoms with Crippen molar-refractivity contribution in [3.05, 3.63) is 46.5 Å². The molecule has 1 amide bonds. The van der Waals surface area contributed by atoms with Gasteiger partial charge in [-0.25, -0.2) is 0 Å². The molecule has 0 aliphatic rings. The minimum Gasteiger partial charge on any atom is -0.333 e. The number of halogens is 1. The second-order valence-electron chi connectivity index (χ2n) is 5.04. The molecule has 2 aromatic rings. The van der Waals surface area contributed by atoms with Crippen LogP contribution in [0.1, 0.15) is 40.7 Å². The summed E-state index contributed by atoms with van der Waals surface area (Å²) in [4.78, 5) is 15.3. The lowest BCUT2D eigenvalue weighted by Gasteiger charge is -2.21. The Labute approximate surface area is 137 Å². The summed E-state index contributed by atoms with van der Waals surface area (Å²) in [6, 6.07) is 10.0. The molecule has 21 heavy (non-hydrogen) atoms. The van der Waals surface area contributed by atoms with Crippen LogP contribution in [0.15, 0.2) is 30.3 Å². The number of alkyl halides is 1. The highest BCUT2D eigenvalue weighted by molar-refractivity contribution is 9.09. The van der Waals surface area contributed by atoms with Gasteiger partial charge in [0.15, 0.2) is 0 Å². The van der Waals surface area contributed by atoms with Crippen LogP contribution in [0.4, 0.5) is 0 Å². The minimum absolute atomic E-state index is 0.0111.